The minimum atomic E-state index is -1.19. The molecule has 1 fully saturated rings. The lowest BCUT2D eigenvalue weighted by molar-refractivity contribution is -0.123. The number of carbonyl (C=O) groups is 2. The predicted octanol–water partition coefficient (Wildman–Crippen LogP) is 4.42. The SMILES string of the molecule is Cc1ccc([C@H](C(=O)NC2CCCCC2)N(C(=O)c2csnn2)c2ccccc2F)o1. The highest BCUT2D eigenvalue weighted by atomic mass is 32.1. The van der Waals surface area contributed by atoms with Crippen LogP contribution in [0.1, 0.15) is 60.2 Å². The first-order valence-corrected chi connectivity index (χ1v) is 11.1. The van der Waals surface area contributed by atoms with E-state index in [1.54, 1.807) is 25.1 Å². The molecule has 162 valence electrons. The van der Waals surface area contributed by atoms with Crippen molar-refractivity contribution >= 4 is 29.0 Å². The van der Waals surface area contributed by atoms with Crippen LogP contribution in [0.25, 0.3) is 0 Å². The van der Waals surface area contributed by atoms with Crippen LogP contribution in [0.5, 0.6) is 0 Å². The molecule has 3 aromatic rings. The molecule has 1 aliphatic carbocycles. The van der Waals surface area contributed by atoms with E-state index in [1.165, 1.54) is 23.6 Å². The fourth-order valence-corrected chi connectivity index (χ4v) is 4.33. The number of carbonyl (C=O) groups excluding carboxylic acids is 2. The molecule has 1 saturated carbocycles. The zero-order chi connectivity index (χ0) is 21.8. The van der Waals surface area contributed by atoms with E-state index in [9.17, 15) is 14.0 Å². The Morgan fingerprint density at radius 1 is 1.19 bits per heavy atom. The number of benzene rings is 1. The van der Waals surface area contributed by atoms with Gasteiger partial charge in [-0.3, -0.25) is 14.5 Å². The number of aryl methyl sites for hydroxylation is 1. The van der Waals surface area contributed by atoms with Crippen molar-refractivity contribution in [1.29, 1.82) is 0 Å². The van der Waals surface area contributed by atoms with Gasteiger partial charge in [0.2, 0.25) is 0 Å². The number of halogens is 1. The molecule has 0 bridgehead atoms. The molecular formula is C22H23FN4O3S. The Morgan fingerprint density at radius 2 is 1.97 bits per heavy atom. The van der Waals surface area contributed by atoms with Crippen LogP contribution in [-0.4, -0.2) is 27.4 Å². The van der Waals surface area contributed by atoms with E-state index >= 15 is 0 Å². The van der Waals surface area contributed by atoms with Gasteiger partial charge in [-0.1, -0.05) is 35.9 Å². The number of nitrogens with one attached hydrogen (secondary N) is 1. The highest BCUT2D eigenvalue weighted by molar-refractivity contribution is 7.03. The first-order chi connectivity index (χ1) is 15.0. The lowest BCUT2D eigenvalue weighted by atomic mass is 9.95. The third kappa shape index (κ3) is 4.66. The summed E-state index contributed by atoms with van der Waals surface area (Å²) in [6.45, 7) is 1.75. The first-order valence-electron chi connectivity index (χ1n) is 10.3. The Labute approximate surface area is 183 Å². The number of amides is 2. The van der Waals surface area contributed by atoms with Crippen LogP contribution in [0.2, 0.25) is 0 Å². The first kappa shape index (κ1) is 21.2. The number of hydrogen-bond acceptors (Lipinski definition) is 6. The largest absolute Gasteiger partial charge is 0.464 e. The van der Waals surface area contributed by atoms with Crippen LogP contribution in [0.4, 0.5) is 10.1 Å². The molecule has 9 heteroatoms. The molecule has 2 amide bonds. The van der Waals surface area contributed by atoms with Gasteiger partial charge in [0.1, 0.15) is 17.3 Å². The molecule has 1 aromatic carbocycles. The van der Waals surface area contributed by atoms with Crippen LogP contribution in [0.3, 0.4) is 0 Å². The average Bonchev–Trinajstić information content (AvgIpc) is 3.45. The Balaban J connectivity index is 1.78. The van der Waals surface area contributed by atoms with Crippen molar-refractivity contribution in [2.75, 3.05) is 4.90 Å². The van der Waals surface area contributed by atoms with Gasteiger partial charge in [0.25, 0.3) is 11.8 Å². The van der Waals surface area contributed by atoms with Crippen molar-refractivity contribution < 1.29 is 18.4 Å². The molecular weight excluding hydrogens is 419 g/mol. The average molecular weight is 443 g/mol. The lowest BCUT2D eigenvalue weighted by Gasteiger charge is -2.31. The fourth-order valence-electron chi connectivity index (χ4n) is 3.90. The van der Waals surface area contributed by atoms with Crippen LogP contribution >= 0.6 is 11.5 Å². The molecule has 0 saturated heterocycles. The molecule has 2 heterocycles. The van der Waals surface area contributed by atoms with Crippen molar-refractivity contribution in [3.8, 4) is 0 Å². The lowest BCUT2D eigenvalue weighted by Crippen LogP contribution is -2.47. The third-order valence-corrected chi connectivity index (χ3v) is 5.90. The van der Waals surface area contributed by atoms with Gasteiger partial charge in [-0.2, -0.15) is 0 Å². The molecule has 0 spiro atoms. The van der Waals surface area contributed by atoms with Gasteiger partial charge < -0.3 is 9.73 Å². The Kier molecular flexibility index (Phi) is 6.41. The number of anilines is 1. The van der Waals surface area contributed by atoms with Gasteiger partial charge in [0.05, 0.1) is 5.69 Å². The van der Waals surface area contributed by atoms with E-state index in [1.807, 2.05) is 0 Å². The van der Waals surface area contributed by atoms with Crippen LogP contribution < -0.4 is 10.2 Å². The van der Waals surface area contributed by atoms with Gasteiger partial charge >= 0.3 is 0 Å². The summed E-state index contributed by atoms with van der Waals surface area (Å²) in [5.41, 5.74) is 0.00495. The summed E-state index contributed by atoms with van der Waals surface area (Å²) in [7, 11) is 0. The Hall–Kier alpha value is -3.07. The van der Waals surface area contributed by atoms with Crippen LogP contribution in [-0.2, 0) is 4.79 Å². The molecule has 2 aromatic heterocycles. The van der Waals surface area contributed by atoms with E-state index < -0.39 is 23.7 Å². The summed E-state index contributed by atoms with van der Waals surface area (Å²) in [5, 5.41) is 8.36. The molecule has 31 heavy (non-hydrogen) atoms. The van der Waals surface area contributed by atoms with Gasteiger partial charge in [-0.25, -0.2) is 4.39 Å². The molecule has 0 aliphatic heterocycles. The zero-order valence-electron chi connectivity index (χ0n) is 17.1. The highest BCUT2D eigenvalue weighted by Gasteiger charge is 2.38. The summed E-state index contributed by atoms with van der Waals surface area (Å²) < 4.78 is 24.4. The normalized spacial score (nSPS) is 15.4. The minimum Gasteiger partial charge on any atom is -0.464 e. The van der Waals surface area contributed by atoms with Crippen molar-refractivity contribution in [2.45, 2.75) is 51.1 Å². The molecule has 1 aliphatic rings. The van der Waals surface area contributed by atoms with E-state index in [-0.39, 0.29) is 23.2 Å². The molecule has 1 atom stereocenters. The monoisotopic (exact) mass is 442 g/mol. The molecule has 0 unspecified atom stereocenters. The van der Waals surface area contributed by atoms with E-state index in [2.05, 4.69) is 14.9 Å². The van der Waals surface area contributed by atoms with E-state index in [0.29, 0.717) is 5.76 Å². The minimum absolute atomic E-state index is 0.0123. The summed E-state index contributed by atoms with van der Waals surface area (Å²) >= 11 is 1.01. The molecule has 4 rings (SSSR count). The summed E-state index contributed by atoms with van der Waals surface area (Å²) in [6.07, 6.45) is 4.97. The van der Waals surface area contributed by atoms with Crippen molar-refractivity contribution in [1.82, 2.24) is 14.9 Å². The maximum Gasteiger partial charge on any atom is 0.280 e. The standard InChI is InChI=1S/C22H23FN4O3S/c1-14-11-12-19(30-14)20(21(28)24-15-7-3-2-4-8-15)27(18-10-6-5-9-16(18)23)22(29)17-13-31-26-25-17/h5-6,9-13,15,20H,2-4,7-8H2,1H3,(H,24,28)/t20-/m1/s1. The maximum atomic E-state index is 14.9. The number of hydrogen-bond donors (Lipinski definition) is 1. The number of para-hydroxylation sites is 1. The molecule has 1 N–H and O–H groups in total. The number of rotatable bonds is 6. The molecule has 0 radical (unpaired) electrons. The van der Waals surface area contributed by atoms with Gasteiger partial charge in [-0.15, -0.1) is 5.10 Å². The van der Waals surface area contributed by atoms with Gasteiger partial charge in [-0.05, 0) is 55.6 Å². The number of aromatic nitrogens is 2. The van der Waals surface area contributed by atoms with E-state index in [0.717, 1.165) is 48.5 Å². The summed E-state index contributed by atoms with van der Waals surface area (Å²) in [4.78, 5) is 28.0. The fraction of sp³-hybridized carbons (Fsp3) is 0.364. The third-order valence-electron chi connectivity index (χ3n) is 5.40. The predicted molar refractivity (Wildman–Crippen MR) is 114 cm³/mol. The van der Waals surface area contributed by atoms with Gasteiger partial charge in [0, 0.05) is 11.4 Å². The summed E-state index contributed by atoms with van der Waals surface area (Å²) in [6, 6.07) is 8.02. The maximum absolute atomic E-state index is 14.9. The second-order valence-corrected chi connectivity index (χ2v) is 8.22. The van der Waals surface area contributed by atoms with Crippen molar-refractivity contribution in [3.05, 3.63) is 64.8 Å². The topological polar surface area (TPSA) is 88.3 Å². The Morgan fingerprint density at radius 3 is 2.61 bits per heavy atom. The highest BCUT2D eigenvalue weighted by Crippen LogP contribution is 2.33. The zero-order valence-corrected chi connectivity index (χ0v) is 17.9. The van der Waals surface area contributed by atoms with Crippen molar-refractivity contribution in [3.63, 3.8) is 0 Å². The number of furan rings is 1. The van der Waals surface area contributed by atoms with Crippen LogP contribution in [0, 0.1) is 12.7 Å². The molecule has 7 nitrogen and oxygen atoms in total. The van der Waals surface area contributed by atoms with E-state index in [4.69, 9.17) is 4.42 Å². The van der Waals surface area contributed by atoms with Crippen LogP contribution in [0.15, 0.2) is 46.2 Å². The Bertz CT molecular complexity index is 1050. The second kappa shape index (κ2) is 9.38. The second-order valence-electron chi connectivity index (χ2n) is 7.61. The smallest absolute Gasteiger partial charge is 0.280 e. The van der Waals surface area contributed by atoms with Gasteiger partial charge in [0.15, 0.2) is 11.7 Å². The van der Waals surface area contributed by atoms with Crippen molar-refractivity contribution in [2.24, 2.45) is 0 Å². The summed E-state index contributed by atoms with van der Waals surface area (Å²) in [5.74, 6) is -0.831. The quantitative estimate of drug-likeness (QED) is 0.611. The number of nitrogens with zero attached hydrogens (tertiary/aromatic N) is 3.